The molecule has 0 spiro atoms. The summed E-state index contributed by atoms with van der Waals surface area (Å²) in [6.07, 6.45) is 0. The third-order valence-electron chi connectivity index (χ3n) is 0. The normalized spacial score (nSPS) is 5.50. The molecule has 0 fully saturated rings. The van der Waals surface area contributed by atoms with Crippen molar-refractivity contribution in [2.45, 2.75) is 10.3 Å². The van der Waals surface area contributed by atoms with Crippen LogP contribution in [-0.4, -0.2) is 0 Å². The molecule has 0 aromatic rings. The Bertz CT molecular complexity index is 6.00. The van der Waals surface area contributed by atoms with Crippen LogP contribution in [0.2, 0.25) is 10.3 Å². The first-order chi connectivity index (χ1) is 1.41. The van der Waals surface area contributed by atoms with E-state index in [0.29, 0.717) is 19.8 Å². The molecule has 0 aliphatic carbocycles. The summed E-state index contributed by atoms with van der Waals surface area (Å²) in [6.45, 7) is 0. The van der Waals surface area contributed by atoms with Gasteiger partial charge in [-0.15, -0.1) is 12.4 Å². The molecule has 0 aromatic heterocycles. The van der Waals surface area contributed by atoms with Crippen LogP contribution < -0.4 is 0 Å². The van der Waals surface area contributed by atoms with E-state index in [1.807, 2.05) is 0 Å². The molecule has 0 bridgehead atoms. The van der Waals surface area contributed by atoms with Gasteiger partial charge in [-0.3, -0.25) is 0 Å². The Morgan fingerprint density at radius 3 is 1.25 bits per heavy atom. The summed E-state index contributed by atoms with van der Waals surface area (Å²) in [5.74, 6) is 0. The standard InChI is InChI=1S/2CH3.Au.ClH/h2*1H3;;1H. The van der Waals surface area contributed by atoms with Gasteiger partial charge in [0.05, 0.1) is 0 Å². The van der Waals surface area contributed by atoms with Crippen LogP contribution in [0.1, 0.15) is 0 Å². The molecule has 0 nitrogen and oxygen atoms in total. The van der Waals surface area contributed by atoms with Crippen molar-refractivity contribution >= 4 is 12.4 Å². The van der Waals surface area contributed by atoms with Crippen molar-refractivity contribution in [3.05, 3.63) is 0 Å². The van der Waals surface area contributed by atoms with Crippen LogP contribution in [0.3, 0.4) is 0 Å². The Kier molecular flexibility index (Phi) is 20.0. The molecule has 0 aliphatic rings. The van der Waals surface area contributed by atoms with Crippen LogP contribution in [0, 0.1) is 0 Å². The molecule has 0 unspecified atom stereocenters. The van der Waals surface area contributed by atoms with Crippen molar-refractivity contribution in [1.82, 2.24) is 0 Å². The second kappa shape index (κ2) is 8.98. The van der Waals surface area contributed by atoms with Crippen LogP contribution in [0.15, 0.2) is 0 Å². The molecule has 0 saturated heterocycles. The first kappa shape index (κ1) is 8.90. The van der Waals surface area contributed by atoms with Gasteiger partial charge in [0.25, 0.3) is 0 Å². The summed E-state index contributed by atoms with van der Waals surface area (Å²) in [7, 11) is 0. The molecule has 0 aliphatic heterocycles. The third-order valence-corrected chi connectivity index (χ3v) is 0. The topological polar surface area (TPSA) is 0 Å². The van der Waals surface area contributed by atoms with E-state index in [1.165, 1.54) is 0 Å². The van der Waals surface area contributed by atoms with E-state index < -0.39 is 0 Å². The van der Waals surface area contributed by atoms with E-state index in [4.69, 9.17) is 0 Å². The van der Waals surface area contributed by atoms with Crippen LogP contribution in [0.5, 0.6) is 0 Å². The van der Waals surface area contributed by atoms with Crippen molar-refractivity contribution in [2.24, 2.45) is 0 Å². The van der Waals surface area contributed by atoms with Crippen molar-refractivity contribution in [3.8, 4) is 0 Å². The number of hydrogen-bond acceptors (Lipinski definition) is 0. The van der Waals surface area contributed by atoms with E-state index in [9.17, 15) is 0 Å². The zero-order chi connectivity index (χ0) is 2.71. The molecule has 2 heteroatoms. The molecule has 33 valence electrons. The molecule has 0 heterocycles. The van der Waals surface area contributed by atoms with Gasteiger partial charge in [0.15, 0.2) is 0 Å². The molecule has 0 saturated carbocycles. The fourth-order valence-corrected chi connectivity index (χ4v) is 0. The second-order valence-corrected chi connectivity index (χ2v) is 2.47. The molecule has 0 atom stereocenters. The van der Waals surface area contributed by atoms with Gasteiger partial charge in [0.2, 0.25) is 0 Å². The molecular weight excluding hydrogens is 256 g/mol. The van der Waals surface area contributed by atoms with E-state index in [2.05, 4.69) is 10.3 Å². The molecule has 0 aromatic carbocycles. The fraction of sp³-hybridized carbons (Fsp3) is 1.00. The van der Waals surface area contributed by atoms with Gasteiger partial charge in [-0.05, 0) is 0 Å². The molecule has 0 rings (SSSR count). The Morgan fingerprint density at radius 1 is 1.25 bits per heavy atom. The number of halogens is 1. The third kappa shape index (κ3) is 11.8. The molecular formula is C2H7AuCl. The SMILES string of the molecule is Cl.[CH3][Au][CH3]. The summed E-state index contributed by atoms with van der Waals surface area (Å²) in [5.41, 5.74) is 0. The summed E-state index contributed by atoms with van der Waals surface area (Å²) in [5, 5.41) is 4.44. The van der Waals surface area contributed by atoms with Crippen molar-refractivity contribution < 1.29 is 19.8 Å². The van der Waals surface area contributed by atoms with Gasteiger partial charge in [-0.2, -0.15) is 0 Å². The Hall–Kier alpha value is 1.03. The summed E-state index contributed by atoms with van der Waals surface area (Å²) in [4.78, 5) is 0. The van der Waals surface area contributed by atoms with Crippen LogP contribution in [-0.2, 0) is 19.8 Å². The van der Waals surface area contributed by atoms with Gasteiger partial charge in [-0.25, -0.2) is 0 Å². The zero-order valence-electron chi connectivity index (χ0n) is 2.71. The van der Waals surface area contributed by atoms with E-state index in [1.54, 1.807) is 0 Å². The van der Waals surface area contributed by atoms with Gasteiger partial charge in [0.1, 0.15) is 0 Å². The maximum atomic E-state index is 2.22. The Labute approximate surface area is 42.7 Å². The predicted octanol–water partition coefficient (Wildman–Crippen LogP) is 1.59. The summed E-state index contributed by atoms with van der Waals surface area (Å²) in [6, 6.07) is 0. The number of hydrogen-bond donors (Lipinski definition) is 0. The van der Waals surface area contributed by atoms with Gasteiger partial charge in [0, 0.05) is 0 Å². The minimum absolute atomic E-state index is 0. The molecule has 0 N–H and O–H groups in total. The number of rotatable bonds is 0. The average Bonchev–Trinajstić information content (AvgIpc) is 0.918. The minimum atomic E-state index is 0. The monoisotopic (exact) mass is 263 g/mol. The maximum absolute atomic E-state index is 2.22. The van der Waals surface area contributed by atoms with Crippen LogP contribution in [0.25, 0.3) is 0 Å². The van der Waals surface area contributed by atoms with Gasteiger partial charge >= 0.3 is 30.0 Å². The average molecular weight is 263 g/mol. The van der Waals surface area contributed by atoms with Crippen molar-refractivity contribution in [2.75, 3.05) is 0 Å². The van der Waals surface area contributed by atoms with Crippen LogP contribution >= 0.6 is 12.4 Å². The Morgan fingerprint density at radius 2 is 1.25 bits per heavy atom. The first-order valence-electron chi connectivity index (χ1n) is 0.603. The zero-order valence-corrected chi connectivity index (χ0v) is 5.69. The predicted molar refractivity (Wildman–Crippen MR) is 19.0 cm³/mol. The van der Waals surface area contributed by atoms with Crippen LogP contribution in [0.4, 0.5) is 0 Å². The van der Waals surface area contributed by atoms with E-state index in [-0.39, 0.29) is 12.4 Å². The van der Waals surface area contributed by atoms with E-state index >= 15 is 0 Å². The quantitative estimate of drug-likeness (QED) is 0.582. The molecule has 0 radical (unpaired) electrons. The summed E-state index contributed by atoms with van der Waals surface area (Å²) < 4.78 is 0. The molecule has 4 heavy (non-hydrogen) atoms. The molecule has 0 amide bonds. The first-order valence-corrected chi connectivity index (χ1v) is 4.94. The van der Waals surface area contributed by atoms with Gasteiger partial charge < -0.3 is 0 Å². The van der Waals surface area contributed by atoms with Crippen molar-refractivity contribution in [1.29, 1.82) is 0 Å². The Balaban J connectivity index is 0. The van der Waals surface area contributed by atoms with Gasteiger partial charge in [-0.1, -0.05) is 0 Å². The summed E-state index contributed by atoms with van der Waals surface area (Å²) >= 11 is 0.667. The fourth-order valence-electron chi connectivity index (χ4n) is 0. The second-order valence-electron chi connectivity index (χ2n) is 0.302. The van der Waals surface area contributed by atoms with Crippen molar-refractivity contribution in [3.63, 3.8) is 0 Å². The van der Waals surface area contributed by atoms with E-state index in [0.717, 1.165) is 0 Å².